The third-order valence-electron chi connectivity index (χ3n) is 4.93. The summed E-state index contributed by atoms with van der Waals surface area (Å²) in [6.45, 7) is 3.55. The average molecular weight is 406 g/mol. The van der Waals surface area contributed by atoms with Gasteiger partial charge in [0, 0.05) is 46.0 Å². The molecule has 2 aromatic rings. The summed E-state index contributed by atoms with van der Waals surface area (Å²) in [5.41, 5.74) is 1.90. The number of sulfonamides is 1. The summed E-state index contributed by atoms with van der Waals surface area (Å²) in [4.78, 5) is 15.4. The number of anilines is 2. The van der Waals surface area contributed by atoms with Gasteiger partial charge in [-0.05, 0) is 44.4 Å². The molecule has 28 heavy (non-hydrogen) atoms. The van der Waals surface area contributed by atoms with E-state index in [2.05, 4.69) is 15.3 Å². The molecule has 1 aliphatic rings. The van der Waals surface area contributed by atoms with Gasteiger partial charge in [-0.2, -0.15) is 5.10 Å². The van der Waals surface area contributed by atoms with Crippen molar-refractivity contribution in [2.45, 2.75) is 31.1 Å². The first-order chi connectivity index (χ1) is 13.2. The number of aryl methyl sites for hydroxylation is 2. The van der Waals surface area contributed by atoms with Crippen molar-refractivity contribution in [2.24, 2.45) is 7.05 Å². The molecular formula is C19H27N5O3S. The zero-order valence-corrected chi connectivity index (χ0v) is 17.6. The summed E-state index contributed by atoms with van der Waals surface area (Å²) >= 11 is 0. The molecule has 0 spiro atoms. The lowest BCUT2D eigenvalue weighted by atomic mass is 10.1. The highest BCUT2D eigenvalue weighted by atomic mass is 32.2. The van der Waals surface area contributed by atoms with Crippen LogP contribution >= 0.6 is 0 Å². The number of aromatic nitrogens is 2. The van der Waals surface area contributed by atoms with Crippen molar-refractivity contribution in [1.29, 1.82) is 0 Å². The third-order valence-corrected chi connectivity index (χ3v) is 6.74. The number of nitrogens with one attached hydrogen (secondary N) is 1. The quantitative estimate of drug-likeness (QED) is 0.824. The monoisotopic (exact) mass is 405 g/mol. The first-order valence-corrected chi connectivity index (χ1v) is 10.8. The van der Waals surface area contributed by atoms with E-state index < -0.39 is 10.0 Å². The highest BCUT2D eigenvalue weighted by molar-refractivity contribution is 7.89. The van der Waals surface area contributed by atoms with E-state index in [1.54, 1.807) is 29.9 Å². The van der Waals surface area contributed by atoms with Gasteiger partial charge < -0.3 is 10.2 Å². The maximum absolute atomic E-state index is 13.1. The van der Waals surface area contributed by atoms with Crippen molar-refractivity contribution in [1.82, 2.24) is 14.1 Å². The van der Waals surface area contributed by atoms with E-state index in [4.69, 9.17) is 0 Å². The van der Waals surface area contributed by atoms with Crippen molar-refractivity contribution in [3.63, 3.8) is 0 Å². The van der Waals surface area contributed by atoms with Gasteiger partial charge in [-0.15, -0.1) is 0 Å². The fraction of sp³-hybridized carbons (Fsp3) is 0.474. The van der Waals surface area contributed by atoms with E-state index in [0.29, 0.717) is 11.4 Å². The van der Waals surface area contributed by atoms with Crippen molar-refractivity contribution >= 4 is 27.4 Å². The van der Waals surface area contributed by atoms with Gasteiger partial charge in [-0.3, -0.25) is 9.48 Å². The number of amides is 1. The molecule has 152 valence electrons. The molecule has 1 saturated heterocycles. The van der Waals surface area contributed by atoms with Crippen molar-refractivity contribution in [3.05, 3.63) is 35.5 Å². The Kier molecular flexibility index (Phi) is 5.76. The van der Waals surface area contributed by atoms with Crippen LogP contribution in [-0.4, -0.2) is 55.6 Å². The number of piperidine rings is 1. The Morgan fingerprint density at radius 3 is 2.39 bits per heavy atom. The number of carbonyl (C=O) groups excluding carboxylic acids is 1. The first kappa shape index (κ1) is 20.3. The Labute approximate surface area is 166 Å². The lowest BCUT2D eigenvalue weighted by molar-refractivity contribution is 0.102. The van der Waals surface area contributed by atoms with Gasteiger partial charge in [0.2, 0.25) is 10.0 Å². The summed E-state index contributed by atoms with van der Waals surface area (Å²) < 4.78 is 27.9. The second-order valence-electron chi connectivity index (χ2n) is 7.26. The highest BCUT2D eigenvalue weighted by Crippen LogP contribution is 2.28. The topological polar surface area (TPSA) is 87.5 Å². The number of carbonyl (C=O) groups is 1. The highest BCUT2D eigenvalue weighted by Gasteiger charge is 2.24. The minimum Gasteiger partial charge on any atom is -0.371 e. The maximum atomic E-state index is 13.1. The van der Waals surface area contributed by atoms with Gasteiger partial charge in [-0.25, -0.2) is 12.7 Å². The largest absolute Gasteiger partial charge is 0.371 e. The van der Waals surface area contributed by atoms with Crippen LogP contribution in [0.15, 0.2) is 29.2 Å². The predicted octanol–water partition coefficient (Wildman–Crippen LogP) is 2.22. The molecule has 0 radical (unpaired) electrons. The van der Waals surface area contributed by atoms with E-state index in [1.807, 2.05) is 6.92 Å². The summed E-state index contributed by atoms with van der Waals surface area (Å²) in [5.74, 6) is 0.215. The molecule has 1 amide bonds. The van der Waals surface area contributed by atoms with Crippen LogP contribution in [0.2, 0.25) is 0 Å². The fourth-order valence-corrected chi connectivity index (χ4v) is 4.32. The number of nitrogens with zero attached hydrogens (tertiary/aromatic N) is 4. The molecule has 0 unspecified atom stereocenters. The van der Waals surface area contributed by atoms with Crippen molar-refractivity contribution in [2.75, 3.05) is 37.4 Å². The van der Waals surface area contributed by atoms with E-state index in [1.165, 1.54) is 26.6 Å². The molecule has 9 heteroatoms. The molecule has 1 aliphatic heterocycles. The number of hydrogen-bond acceptors (Lipinski definition) is 5. The van der Waals surface area contributed by atoms with Gasteiger partial charge >= 0.3 is 0 Å². The molecule has 1 N–H and O–H groups in total. The molecular weight excluding hydrogens is 378 g/mol. The SMILES string of the molecule is Cc1cc(NC(=O)c2cc(S(=O)(=O)N(C)C)ccc2N2CCCCC2)n(C)n1. The van der Waals surface area contributed by atoms with Crippen LogP contribution in [0.3, 0.4) is 0 Å². The predicted molar refractivity (Wildman–Crippen MR) is 109 cm³/mol. The van der Waals surface area contributed by atoms with Crippen molar-refractivity contribution < 1.29 is 13.2 Å². The second kappa shape index (κ2) is 7.92. The average Bonchev–Trinajstić information content (AvgIpc) is 2.98. The number of hydrogen-bond donors (Lipinski definition) is 1. The molecule has 1 aromatic heterocycles. The summed E-state index contributed by atoms with van der Waals surface area (Å²) in [6, 6.07) is 6.56. The van der Waals surface area contributed by atoms with Crippen LogP contribution in [-0.2, 0) is 17.1 Å². The smallest absolute Gasteiger partial charge is 0.258 e. The Morgan fingerprint density at radius 1 is 1.14 bits per heavy atom. The van der Waals surface area contributed by atoms with Crippen LogP contribution < -0.4 is 10.2 Å². The summed E-state index contributed by atoms with van der Waals surface area (Å²) in [6.07, 6.45) is 3.28. The molecule has 1 aromatic carbocycles. The molecule has 0 atom stereocenters. The van der Waals surface area contributed by atoms with E-state index in [0.717, 1.165) is 41.6 Å². The van der Waals surface area contributed by atoms with Crippen LogP contribution in [0, 0.1) is 6.92 Å². The first-order valence-electron chi connectivity index (χ1n) is 9.33. The van der Waals surface area contributed by atoms with Gasteiger partial charge in [0.1, 0.15) is 5.82 Å². The molecule has 1 fully saturated rings. The molecule has 0 saturated carbocycles. The molecule has 0 bridgehead atoms. The number of benzene rings is 1. The minimum atomic E-state index is -3.64. The Balaban J connectivity index is 2.03. The molecule has 0 aliphatic carbocycles. The van der Waals surface area contributed by atoms with E-state index in [9.17, 15) is 13.2 Å². The van der Waals surface area contributed by atoms with Crippen molar-refractivity contribution in [3.8, 4) is 0 Å². The lowest BCUT2D eigenvalue weighted by Crippen LogP contribution is -2.32. The Bertz CT molecular complexity index is 975. The third kappa shape index (κ3) is 4.05. The minimum absolute atomic E-state index is 0.101. The van der Waals surface area contributed by atoms with Gasteiger partial charge in [0.05, 0.1) is 16.2 Å². The lowest BCUT2D eigenvalue weighted by Gasteiger charge is -2.30. The van der Waals surface area contributed by atoms with E-state index in [-0.39, 0.29) is 10.8 Å². The zero-order chi connectivity index (χ0) is 20.5. The molecule has 2 heterocycles. The molecule has 3 rings (SSSR count). The Hall–Kier alpha value is -2.39. The fourth-order valence-electron chi connectivity index (χ4n) is 3.39. The zero-order valence-electron chi connectivity index (χ0n) is 16.8. The van der Waals surface area contributed by atoms with Crippen LogP contribution in [0.1, 0.15) is 35.3 Å². The van der Waals surface area contributed by atoms with Crippen LogP contribution in [0.5, 0.6) is 0 Å². The van der Waals surface area contributed by atoms with Crippen LogP contribution in [0.25, 0.3) is 0 Å². The van der Waals surface area contributed by atoms with Gasteiger partial charge in [0.25, 0.3) is 5.91 Å². The van der Waals surface area contributed by atoms with E-state index >= 15 is 0 Å². The van der Waals surface area contributed by atoms with Gasteiger partial charge in [-0.1, -0.05) is 0 Å². The van der Waals surface area contributed by atoms with Crippen LogP contribution in [0.4, 0.5) is 11.5 Å². The summed E-state index contributed by atoms with van der Waals surface area (Å²) in [5, 5.41) is 7.10. The Morgan fingerprint density at radius 2 is 1.82 bits per heavy atom. The normalized spacial score (nSPS) is 15.1. The summed E-state index contributed by atoms with van der Waals surface area (Å²) in [7, 11) is 1.07. The van der Waals surface area contributed by atoms with Gasteiger partial charge in [0.15, 0.2) is 0 Å². The second-order valence-corrected chi connectivity index (χ2v) is 9.41. The number of rotatable bonds is 5. The maximum Gasteiger partial charge on any atom is 0.258 e. The molecule has 8 nitrogen and oxygen atoms in total. The standard InChI is InChI=1S/C19H27N5O3S/c1-14-12-18(23(4)21-14)20-19(25)16-13-15(28(26,27)22(2)3)8-9-17(16)24-10-6-5-7-11-24/h8-9,12-13H,5-7,10-11H2,1-4H3,(H,20,25).